The van der Waals surface area contributed by atoms with Gasteiger partial charge in [-0.1, -0.05) is 6.07 Å². The van der Waals surface area contributed by atoms with Crippen LogP contribution in [0.1, 0.15) is 10.4 Å². The fourth-order valence-electron chi connectivity index (χ4n) is 1.68. The predicted octanol–water partition coefficient (Wildman–Crippen LogP) is 1.47. The van der Waals surface area contributed by atoms with Crippen LogP contribution in [0.15, 0.2) is 18.2 Å². The number of anilines is 1. The van der Waals surface area contributed by atoms with E-state index in [2.05, 4.69) is 0 Å². The summed E-state index contributed by atoms with van der Waals surface area (Å²) in [5.74, 6) is -0.436. The molecule has 3 nitrogen and oxygen atoms in total. The van der Waals surface area contributed by atoms with Gasteiger partial charge in [0.2, 0.25) is 0 Å². The molecule has 1 saturated heterocycles. The highest BCUT2D eigenvalue weighted by atomic mass is 19.1. The number of benzene rings is 1. The Labute approximate surface area is 87.5 Å². The number of hydrogen-bond acceptors (Lipinski definition) is 3. The minimum Gasteiger partial charge on any atom is -0.378 e. The lowest BCUT2D eigenvalue weighted by Crippen LogP contribution is -2.36. The Bertz CT molecular complexity index is 362. The molecule has 1 aromatic rings. The first-order valence-electron chi connectivity index (χ1n) is 4.89. The lowest BCUT2D eigenvalue weighted by Gasteiger charge is -2.29. The molecule has 0 aromatic heterocycles. The van der Waals surface area contributed by atoms with Crippen LogP contribution >= 0.6 is 0 Å². The van der Waals surface area contributed by atoms with Crippen molar-refractivity contribution >= 4 is 12.0 Å². The van der Waals surface area contributed by atoms with Gasteiger partial charge in [0, 0.05) is 13.1 Å². The quantitative estimate of drug-likeness (QED) is 0.691. The van der Waals surface area contributed by atoms with E-state index in [1.165, 1.54) is 6.07 Å². The third-order valence-corrected chi connectivity index (χ3v) is 2.49. The SMILES string of the molecule is O=Cc1cccc(N2CCOCC2)c1F. The van der Waals surface area contributed by atoms with Gasteiger partial charge in [0.05, 0.1) is 24.5 Å². The first-order chi connectivity index (χ1) is 7.33. The Morgan fingerprint density at radius 1 is 1.33 bits per heavy atom. The highest BCUT2D eigenvalue weighted by Crippen LogP contribution is 2.22. The molecule has 15 heavy (non-hydrogen) atoms. The van der Waals surface area contributed by atoms with Gasteiger partial charge in [0.25, 0.3) is 0 Å². The van der Waals surface area contributed by atoms with E-state index in [9.17, 15) is 9.18 Å². The van der Waals surface area contributed by atoms with Crippen molar-refractivity contribution in [3.05, 3.63) is 29.6 Å². The van der Waals surface area contributed by atoms with E-state index in [4.69, 9.17) is 4.74 Å². The Kier molecular flexibility index (Phi) is 2.97. The molecular formula is C11H12FNO2. The van der Waals surface area contributed by atoms with E-state index in [-0.39, 0.29) is 5.56 Å². The largest absolute Gasteiger partial charge is 0.378 e. The van der Waals surface area contributed by atoms with Gasteiger partial charge in [-0.3, -0.25) is 4.79 Å². The van der Waals surface area contributed by atoms with Gasteiger partial charge in [-0.25, -0.2) is 4.39 Å². The molecule has 0 N–H and O–H groups in total. The van der Waals surface area contributed by atoms with Crippen molar-refractivity contribution in [1.29, 1.82) is 0 Å². The first kappa shape index (κ1) is 10.1. The molecular weight excluding hydrogens is 197 g/mol. The molecule has 1 aromatic carbocycles. The summed E-state index contributed by atoms with van der Waals surface area (Å²) in [5, 5.41) is 0. The molecule has 0 atom stereocenters. The number of hydrogen-bond donors (Lipinski definition) is 0. The highest BCUT2D eigenvalue weighted by molar-refractivity contribution is 5.77. The number of halogens is 1. The summed E-state index contributed by atoms with van der Waals surface area (Å²) in [6, 6.07) is 4.86. The van der Waals surface area contributed by atoms with Crippen LogP contribution in [0.2, 0.25) is 0 Å². The van der Waals surface area contributed by atoms with Gasteiger partial charge in [0.15, 0.2) is 12.1 Å². The minimum atomic E-state index is -0.436. The van der Waals surface area contributed by atoms with Crippen molar-refractivity contribution in [1.82, 2.24) is 0 Å². The average Bonchev–Trinajstić information content (AvgIpc) is 2.30. The van der Waals surface area contributed by atoms with E-state index in [1.807, 2.05) is 4.90 Å². The number of ether oxygens (including phenoxy) is 1. The molecule has 2 rings (SSSR count). The van der Waals surface area contributed by atoms with Gasteiger partial charge in [-0.2, -0.15) is 0 Å². The summed E-state index contributed by atoms with van der Waals surface area (Å²) < 4.78 is 18.9. The summed E-state index contributed by atoms with van der Waals surface area (Å²) in [5.41, 5.74) is 0.599. The van der Waals surface area contributed by atoms with Gasteiger partial charge in [-0.05, 0) is 12.1 Å². The van der Waals surface area contributed by atoms with Gasteiger partial charge < -0.3 is 9.64 Å². The minimum absolute atomic E-state index is 0.110. The number of nitrogens with zero attached hydrogens (tertiary/aromatic N) is 1. The smallest absolute Gasteiger partial charge is 0.156 e. The number of rotatable bonds is 2. The fourth-order valence-corrected chi connectivity index (χ4v) is 1.68. The van der Waals surface area contributed by atoms with Crippen LogP contribution < -0.4 is 4.90 Å². The molecule has 0 radical (unpaired) electrons. The Hall–Kier alpha value is -1.42. The molecule has 1 heterocycles. The second-order valence-electron chi connectivity index (χ2n) is 3.40. The molecule has 1 fully saturated rings. The maximum absolute atomic E-state index is 13.7. The van der Waals surface area contributed by atoms with Crippen LogP contribution in [-0.2, 0) is 4.74 Å². The fraction of sp³-hybridized carbons (Fsp3) is 0.364. The lowest BCUT2D eigenvalue weighted by molar-refractivity contribution is 0.111. The van der Waals surface area contributed by atoms with Crippen LogP contribution in [-0.4, -0.2) is 32.6 Å². The predicted molar refractivity (Wildman–Crippen MR) is 54.8 cm³/mol. The summed E-state index contributed by atoms with van der Waals surface area (Å²) in [6.07, 6.45) is 0.541. The number of carbonyl (C=O) groups is 1. The average molecular weight is 209 g/mol. The molecule has 0 amide bonds. The van der Waals surface area contributed by atoms with Gasteiger partial charge in [-0.15, -0.1) is 0 Å². The zero-order valence-corrected chi connectivity index (χ0v) is 8.28. The van der Waals surface area contributed by atoms with Gasteiger partial charge in [0.1, 0.15) is 0 Å². The van der Waals surface area contributed by atoms with Crippen LogP contribution in [0.3, 0.4) is 0 Å². The summed E-state index contributed by atoms with van der Waals surface area (Å²) in [4.78, 5) is 12.5. The van der Waals surface area contributed by atoms with Crippen LogP contribution in [0.25, 0.3) is 0 Å². The maximum atomic E-state index is 13.7. The monoisotopic (exact) mass is 209 g/mol. The van der Waals surface area contributed by atoms with Crippen molar-refractivity contribution in [2.75, 3.05) is 31.2 Å². The highest BCUT2D eigenvalue weighted by Gasteiger charge is 2.16. The zero-order valence-electron chi connectivity index (χ0n) is 8.28. The van der Waals surface area contributed by atoms with E-state index < -0.39 is 5.82 Å². The van der Waals surface area contributed by atoms with E-state index in [1.54, 1.807) is 12.1 Å². The van der Waals surface area contributed by atoms with E-state index >= 15 is 0 Å². The summed E-state index contributed by atoms with van der Waals surface area (Å²) >= 11 is 0. The molecule has 0 spiro atoms. The van der Waals surface area contributed by atoms with Crippen LogP contribution in [0.4, 0.5) is 10.1 Å². The van der Waals surface area contributed by atoms with Crippen molar-refractivity contribution in [3.8, 4) is 0 Å². The number of aldehydes is 1. The standard InChI is InChI=1S/C11H12FNO2/c12-11-9(8-14)2-1-3-10(11)13-4-6-15-7-5-13/h1-3,8H,4-7H2. The van der Waals surface area contributed by atoms with Crippen molar-refractivity contribution in [2.24, 2.45) is 0 Å². The molecule has 0 bridgehead atoms. The lowest BCUT2D eigenvalue weighted by atomic mass is 10.2. The topological polar surface area (TPSA) is 29.5 Å². The third-order valence-electron chi connectivity index (χ3n) is 2.49. The van der Waals surface area contributed by atoms with Crippen LogP contribution in [0, 0.1) is 5.82 Å². The summed E-state index contributed by atoms with van der Waals surface area (Å²) in [6.45, 7) is 2.54. The molecule has 1 aliphatic heterocycles. The van der Waals surface area contributed by atoms with Crippen molar-refractivity contribution < 1.29 is 13.9 Å². The molecule has 1 aliphatic rings. The van der Waals surface area contributed by atoms with Crippen LogP contribution in [0.5, 0.6) is 0 Å². The molecule has 0 aliphatic carbocycles. The Balaban J connectivity index is 2.30. The van der Waals surface area contributed by atoms with E-state index in [0.29, 0.717) is 38.3 Å². The normalized spacial score (nSPS) is 16.5. The summed E-state index contributed by atoms with van der Waals surface area (Å²) in [7, 11) is 0. The Morgan fingerprint density at radius 3 is 2.73 bits per heavy atom. The molecule has 80 valence electrons. The Morgan fingerprint density at radius 2 is 2.07 bits per heavy atom. The second kappa shape index (κ2) is 4.40. The van der Waals surface area contributed by atoms with Crippen molar-refractivity contribution in [3.63, 3.8) is 0 Å². The van der Waals surface area contributed by atoms with Crippen molar-refractivity contribution in [2.45, 2.75) is 0 Å². The second-order valence-corrected chi connectivity index (χ2v) is 3.40. The zero-order chi connectivity index (χ0) is 10.7. The van der Waals surface area contributed by atoms with Gasteiger partial charge >= 0.3 is 0 Å². The first-order valence-corrected chi connectivity index (χ1v) is 4.89. The van der Waals surface area contributed by atoms with E-state index in [0.717, 1.165) is 0 Å². The molecule has 0 saturated carbocycles. The number of carbonyl (C=O) groups excluding carboxylic acids is 1. The maximum Gasteiger partial charge on any atom is 0.156 e. The molecule has 0 unspecified atom stereocenters. The number of morpholine rings is 1. The third kappa shape index (κ3) is 1.99. The molecule has 4 heteroatoms.